The van der Waals surface area contributed by atoms with E-state index in [1.165, 1.54) is 25.3 Å². The van der Waals surface area contributed by atoms with Crippen LogP contribution in [0.1, 0.15) is 18.4 Å². The molecule has 1 aliphatic heterocycles. The van der Waals surface area contributed by atoms with Gasteiger partial charge >= 0.3 is 5.97 Å². The molecule has 32 heavy (non-hydrogen) atoms. The molecule has 0 bridgehead atoms. The number of carbonyl (C=O) groups excluding carboxylic acids is 2. The number of piperidine rings is 1. The Labute approximate surface area is 186 Å². The first-order chi connectivity index (χ1) is 15.3. The van der Waals surface area contributed by atoms with Crippen molar-refractivity contribution in [2.75, 3.05) is 26.8 Å². The number of carbonyl (C=O) groups is 2. The zero-order valence-electron chi connectivity index (χ0n) is 17.6. The van der Waals surface area contributed by atoms with Crippen LogP contribution < -0.4 is 10.1 Å². The Bertz CT molecular complexity index is 1070. The second-order valence-corrected chi connectivity index (χ2v) is 9.21. The van der Waals surface area contributed by atoms with E-state index in [0.29, 0.717) is 5.75 Å². The second-order valence-electron chi connectivity index (χ2n) is 7.31. The van der Waals surface area contributed by atoms with Gasteiger partial charge in [-0.1, -0.05) is 30.3 Å². The van der Waals surface area contributed by atoms with Gasteiger partial charge in [-0.05, 0) is 31.0 Å². The number of rotatable bonds is 8. The summed E-state index contributed by atoms with van der Waals surface area (Å²) < 4.78 is 50.7. The van der Waals surface area contributed by atoms with Gasteiger partial charge in [-0.2, -0.15) is 4.31 Å². The minimum atomic E-state index is -3.98. The van der Waals surface area contributed by atoms with Crippen LogP contribution in [0.25, 0.3) is 0 Å². The highest BCUT2D eigenvalue weighted by molar-refractivity contribution is 7.89. The lowest BCUT2D eigenvalue weighted by Gasteiger charge is -2.30. The lowest BCUT2D eigenvalue weighted by molar-refractivity contribution is -0.153. The Kier molecular flexibility index (Phi) is 7.81. The second kappa shape index (κ2) is 10.6. The molecule has 3 rings (SSSR count). The molecule has 1 N–H and O–H groups in total. The van der Waals surface area contributed by atoms with E-state index in [-0.39, 0.29) is 37.4 Å². The van der Waals surface area contributed by atoms with Gasteiger partial charge in [-0.3, -0.25) is 9.59 Å². The van der Waals surface area contributed by atoms with Crippen LogP contribution in [-0.4, -0.2) is 51.4 Å². The summed E-state index contributed by atoms with van der Waals surface area (Å²) in [6.07, 6.45) is 0.463. The van der Waals surface area contributed by atoms with Gasteiger partial charge in [0.25, 0.3) is 5.91 Å². The van der Waals surface area contributed by atoms with Crippen LogP contribution in [-0.2, 0) is 30.9 Å². The third kappa shape index (κ3) is 5.63. The van der Waals surface area contributed by atoms with Gasteiger partial charge in [0.05, 0.1) is 13.0 Å². The fourth-order valence-corrected chi connectivity index (χ4v) is 5.01. The molecule has 0 saturated carbocycles. The first kappa shape index (κ1) is 23.7. The van der Waals surface area contributed by atoms with E-state index in [9.17, 15) is 22.4 Å². The fourth-order valence-electron chi connectivity index (χ4n) is 3.47. The van der Waals surface area contributed by atoms with Crippen LogP contribution >= 0.6 is 0 Å². The molecule has 0 unspecified atom stereocenters. The third-order valence-corrected chi connectivity index (χ3v) is 7.19. The average molecular weight is 465 g/mol. The maximum Gasteiger partial charge on any atom is 0.309 e. The molecule has 0 radical (unpaired) electrons. The highest BCUT2D eigenvalue weighted by Gasteiger charge is 2.34. The smallest absolute Gasteiger partial charge is 0.309 e. The van der Waals surface area contributed by atoms with Crippen molar-refractivity contribution in [2.24, 2.45) is 5.92 Å². The monoisotopic (exact) mass is 464 g/mol. The molecule has 8 nitrogen and oxygen atoms in total. The minimum Gasteiger partial charge on any atom is -0.496 e. The molecular formula is C22H25FN2O6S. The van der Waals surface area contributed by atoms with Crippen molar-refractivity contribution in [3.8, 4) is 5.75 Å². The lowest BCUT2D eigenvalue weighted by Crippen LogP contribution is -2.41. The molecule has 10 heteroatoms. The summed E-state index contributed by atoms with van der Waals surface area (Å²) in [5.74, 6) is -1.71. The molecule has 0 spiro atoms. The fraction of sp³-hybridized carbons (Fsp3) is 0.364. The Morgan fingerprint density at radius 1 is 1.09 bits per heavy atom. The van der Waals surface area contributed by atoms with Crippen LogP contribution in [0.4, 0.5) is 4.39 Å². The van der Waals surface area contributed by atoms with Crippen LogP contribution in [0.5, 0.6) is 5.75 Å². The number of halogens is 1. The van der Waals surface area contributed by atoms with Crippen LogP contribution in [0.15, 0.2) is 53.4 Å². The highest BCUT2D eigenvalue weighted by Crippen LogP contribution is 2.26. The first-order valence-electron chi connectivity index (χ1n) is 10.1. The van der Waals surface area contributed by atoms with Gasteiger partial charge in [0, 0.05) is 25.2 Å². The minimum absolute atomic E-state index is 0.0659. The van der Waals surface area contributed by atoms with Gasteiger partial charge in [0.15, 0.2) is 6.61 Å². The number of sulfonamides is 1. The largest absolute Gasteiger partial charge is 0.496 e. The number of hydrogen-bond acceptors (Lipinski definition) is 6. The molecule has 1 amide bonds. The summed E-state index contributed by atoms with van der Waals surface area (Å²) in [5.41, 5.74) is 0.790. The summed E-state index contributed by atoms with van der Waals surface area (Å²) in [6.45, 7) is -0.0682. The van der Waals surface area contributed by atoms with E-state index in [4.69, 9.17) is 9.47 Å². The van der Waals surface area contributed by atoms with E-state index in [1.54, 1.807) is 6.07 Å². The summed E-state index contributed by atoms with van der Waals surface area (Å²) in [7, 11) is -2.44. The van der Waals surface area contributed by atoms with Gasteiger partial charge in [0.2, 0.25) is 10.0 Å². The maximum atomic E-state index is 13.9. The van der Waals surface area contributed by atoms with Crippen molar-refractivity contribution in [2.45, 2.75) is 24.3 Å². The Balaban J connectivity index is 1.45. The molecule has 1 saturated heterocycles. The SMILES string of the molecule is COc1ccccc1CNC(=O)COC(=O)C1CCN(S(=O)(=O)c2ccccc2F)CC1. The number of ether oxygens (including phenoxy) is 2. The Morgan fingerprint density at radius 2 is 1.75 bits per heavy atom. The van der Waals surface area contributed by atoms with E-state index < -0.39 is 40.2 Å². The molecule has 0 atom stereocenters. The summed E-state index contributed by atoms with van der Waals surface area (Å²) in [5, 5.41) is 2.66. The first-order valence-corrected chi connectivity index (χ1v) is 11.6. The van der Waals surface area contributed by atoms with E-state index in [2.05, 4.69) is 5.32 Å². The number of nitrogens with zero attached hydrogens (tertiary/aromatic N) is 1. The van der Waals surface area contributed by atoms with Crippen molar-refractivity contribution in [1.29, 1.82) is 0 Å². The third-order valence-electron chi connectivity index (χ3n) is 5.26. The number of amides is 1. The van der Waals surface area contributed by atoms with E-state index in [1.807, 2.05) is 18.2 Å². The normalized spacial score (nSPS) is 15.2. The number of hydrogen-bond donors (Lipinski definition) is 1. The number of nitrogens with one attached hydrogen (secondary N) is 1. The topological polar surface area (TPSA) is 102 Å². The zero-order valence-corrected chi connectivity index (χ0v) is 18.4. The van der Waals surface area contributed by atoms with E-state index in [0.717, 1.165) is 15.9 Å². The number of para-hydroxylation sites is 1. The Hall–Kier alpha value is -2.98. The Morgan fingerprint density at radius 3 is 2.44 bits per heavy atom. The van der Waals surface area contributed by atoms with Gasteiger partial charge in [-0.25, -0.2) is 12.8 Å². The van der Waals surface area contributed by atoms with Gasteiger partial charge in [-0.15, -0.1) is 0 Å². The number of methoxy groups -OCH3 is 1. The van der Waals surface area contributed by atoms with Crippen molar-refractivity contribution >= 4 is 21.9 Å². The quantitative estimate of drug-likeness (QED) is 0.601. The highest BCUT2D eigenvalue weighted by atomic mass is 32.2. The number of esters is 1. The molecule has 2 aromatic rings. The molecule has 0 aromatic heterocycles. The predicted molar refractivity (Wildman–Crippen MR) is 114 cm³/mol. The zero-order chi connectivity index (χ0) is 23.1. The standard InChI is InChI=1S/C22H25FN2O6S/c1-30-19-8-4-2-6-17(19)14-24-21(26)15-31-22(27)16-10-12-25(13-11-16)32(28,29)20-9-5-3-7-18(20)23/h2-9,16H,10-15H2,1H3,(H,24,26). The predicted octanol–water partition coefficient (Wildman–Crippen LogP) is 2.09. The average Bonchev–Trinajstić information content (AvgIpc) is 2.81. The van der Waals surface area contributed by atoms with Gasteiger partial charge < -0.3 is 14.8 Å². The summed E-state index contributed by atoms with van der Waals surface area (Å²) in [6, 6.07) is 12.4. The molecule has 172 valence electrons. The van der Waals surface area contributed by atoms with Crippen molar-refractivity contribution in [3.63, 3.8) is 0 Å². The molecule has 1 heterocycles. The van der Waals surface area contributed by atoms with Crippen LogP contribution in [0.2, 0.25) is 0 Å². The molecule has 1 aliphatic rings. The van der Waals surface area contributed by atoms with Crippen molar-refractivity contribution in [1.82, 2.24) is 9.62 Å². The number of benzene rings is 2. The van der Waals surface area contributed by atoms with Crippen molar-refractivity contribution < 1.29 is 31.9 Å². The molecular weight excluding hydrogens is 439 g/mol. The summed E-state index contributed by atoms with van der Waals surface area (Å²) in [4.78, 5) is 23.9. The van der Waals surface area contributed by atoms with E-state index >= 15 is 0 Å². The summed E-state index contributed by atoms with van der Waals surface area (Å²) >= 11 is 0. The van der Waals surface area contributed by atoms with Crippen LogP contribution in [0.3, 0.4) is 0 Å². The van der Waals surface area contributed by atoms with Crippen LogP contribution in [0, 0.1) is 11.7 Å². The molecule has 0 aliphatic carbocycles. The maximum absolute atomic E-state index is 13.9. The molecule has 1 fully saturated rings. The lowest BCUT2D eigenvalue weighted by atomic mass is 9.98. The molecule has 2 aromatic carbocycles. The van der Waals surface area contributed by atoms with Gasteiger partial charge in [0.1, 0.15) is 16.5 Å². The van der Waals surface area contributed by atoms with Crippen molar-refractivity contribution in [3.05, 3.63) is 59.9 Å².